The van der Waals surface area contributed by atoms with Gasteiger partial charge in [0.05, 0.1) is 11.4 Å². The highest BCUT2D eigenvalue weighted by Crippen LogP contribution is 2.26. The molecule has 1 aromatic heterocycles. The number of benzene rings is 2. The SMILES string of the molecule is CC(=O)Nc1ccc(NC(=O)/C(C#N)=C/c2c(C)nn(-c3ccccc3)c2Cl)cc1. The first kappa shape index (κ1) is 20.8. The van der Waals surface area contributed by atoms with Crippen molar-refractivity contribution in [2.75, 3.05) is 10.6 Å². The summed E-state index contributed by atoms with van der Waals surface area (Å²) in [6, 6.07) is 17.8. The second kappa shape index (κ2) is 9.07. The summed E-state index contributed by atoms with van der Waals surface area (Å²) in [5.41, 5.74) is 2.83. The molecule has 7 nitrogen and oxygen atoms in total. The summed E-state index contributed by atoms with van der Waals surface area (Å²) in [5.74, 6) is -0.766. The second-order valence-electron chi connectivity index (χ2n) is 6.42. The first-order valence-electron chi connectivity index (χ1n) is 9.00. The van der Waals surface area contributed by atoms with Crippen molar-refractivity contribution >= 4 is 40.9 Å². The molecule has 150 valence electrons. The zero-order valence-electron chi connectivity index (χ0n) is 16.3. The van der Waals surface area contributed by atoms with Crippen molar-refractivity contribution in [1.82, 2.24) is 9.78 Å². The van der Waals surface area contributed by atoms with E-state index in [9.17, 15) is 14.9 Å². The van der Waals surface area contributed by atoms with Gasteiger partial charge in [0, 0.05) is 23.9 Å². The summed E-state index contributed by atoms with van der Waals surface area (Å²) >= 11 is 6.47. The first-order chi connectivity index (χ1) is 14.4. The minimum Gasteiger partial charge on any atom is -0.326 e. The highest BCUT2D eigenvalue weighted by molar-refractivity contribution is 6.31. The summed E-state index contributed by atoms with van der Waals surface area (Å²) in [6.07, 6.45) is 1.42. The largest absolute Gasteiger partial charge is 0.326 e. The Balaban J connectivity index is 1.84. The van der Waals surface area contributed by atoms with Crippen LogP contribution in [0.3, 0.4) is 0 Å². The molecule has 8 heteroatoms. The quantitative estimate of drug-likeness (QED) is 0.474. The molecule has 0 saturated heterocycles. The van der Waals surface area contributed by atoms with E-state index in [0.29, 0.717) is 27.8 Å². The molecule has 30 heavy (non-hydrogen) atoms. The van der Waals surface area contributed by atoms with Crippen molar-refractivity contribution in [3.05, 3.63) is 76.6 Å². The predicted molar refractivity (Wildman–Crippen MR) is 116 cm³/mol. The lowest BCUT2D eigenvalue weighted by Crippen LogP contribution is -2.13. The van der Waals surface area contributed by atoms with Gasteiger partial charge in [-0.3, -0.25) is 9.59 Å². The molecule has 2 N–H and O–H groups in total. The van der Waals surface area contributed by atoms with Gasteiger partial charge in [-0.1, -0.05) is 29.8 Å². The van der Waals surface area contributed by atoms with Crippen LogP contribution in [-0.4, -0.2) is 21.6 Å². The number of aromatic nitrogens is 2. The fourth-order valence-corrected chi connectivity index (χ4v) is 3.07. The van der Waals surface area contributed by atoms with Crippen molar-refractivity contribution in [1.29, 1.82) is 5.26 Å². The summed E-state index contributed by atoms with van der Waals surface area (Å²) in [7, 11) is 0. The smallest absolute Gasteiger partial charge is 0.266 e. The number of carbonyl (C=O) groups is 2. The lowest BCUT2D eigenvalue weighted by atomic mass is 10.1. The van der Waals surface area contributed by atoms with E-state index in [2.05, 4.69) is 15.7 Å². The molecular formula is C22H18ClN5O2. The summed E-state index contributed by atoms with van der Waals surface area (Å²) < 4.78 is 1.55. The monoisotopic (exact) mass is 419 g/mol. The van der Waals surface area contributed by atoms with Gasteiger partial charge in [0.25, 0.3) is 5.91 Å². The molecule has 0 aliphatic heterocycles. The van der Waals surface area contributed by atoms with Gasteiger partial charge < -0.3 is 10.6 Å². The number of anilines is 2. The minimum absolute atomic E-state index is 0.112. The average molecular weight is 420 g/mol. The molecular weight excluding hydrogens is 402 g/mol. The normalized spacial score (nSPS) is 10.9. The van der Waals surface area contributed by atoms with Crippen molar-refractivity contribution in [3.8, 4) is 11.8 Å². The maximum absolute atomic E-state index is 12.6. The first-order valence-corrected chi connectivity index (χ1v) is 9.38. The lowest BCUT2D eigenvalue weighted by molar-refractivity contribution is -0.114. The minimum atomic E-state index is -0.576. The van der Waals surface area contributed by atoms with Crippen LogP contribution in [0.2, 0.25) is 5.15 Å². The van der Waals surface area contributed by atoms with Crippen molar-refractivity contribution in [2.45, 2.75) is 13.8 Å². The van der Waals surface area contributed by atoms with Gasteiger partial charge >= 0.3 is 0 Å². The molecule has 0 radical (unpaired) electrons. The Morgan fingerprint density at radius 1 is 1.07 bits per heavy atom. The Kier molecular flexibility index (Phi) is 6.30. The van der Waals surface area contributed by atoms with E-state index < -0.39 is 5.91 Å². The maximum atomic E-state index is 12.6. The van der Waals surface area contributed by atoms with E-state index in [4.69, 9.17) is 11.6 Å². The van der Waals surface area contributed by atoms with Gasteiger partial charge in [0.2, 0.25) is 5.91 Å². The van der Waals surface area contributed by atoms with E-state index in [-0.39, 0.29) is 11.5 Å². The predicted octanol–water partition coefficient (Wildman–Crippen LogP) is 4.34. The molecule has 1 heterocycles. The third-order valence-corrected chi connectivity index (χ3v) is 4.53. The van der Waals surface area contributed by atoms with Gasteiger partial charge in [0.1, 0.15) is 16.8 Å². The number of hydrogen-bond donors (Lipinski definition) is 2. The zero-order chi connectivity index (χ0) is 21.7. The molecule has 0 saturated carbocycles. The zero-order valence-corrected chi connectivity index (χ0v) is 17.1. The Hall–Kier alpha value is -3.89. The van der Waals surface area contributed by atoms with Gasteiger partial charge in [0.15, 0.2) is 0 Å². The average Bonchev–Trinajstić information content (AvgIpc) is 3.01. The number of amides is 2. The van der Waals surface area contributed by atoms with Gasteiger partial charge in [-0.15, -0.1) is 0 Å². The van der Waals surface area contributed by atoms with E-state index in [1.807, 2.05) is 36.4 Å². The Morgan fingerprint density at radius 3 is 2.23 bits per heavy atom. The Bertz CT molecular complexity index is 1160. The third kappa shape index (κ3) is 4.74. The highest BCUT2D eigenvalue weighted by Gasteiger charge is 2.17. The third-order valence-electron chi connectivity index (χ3n) is 4.17. The molecule has 0 atom stereocenters. The summed E-state index contributed by atoms with van der Waals surface area (Å²) in [5, 5.41) is 19.5. The van der Waals surface area contributed by atoms with Gasteiger partial charge in [-0.05, 0) is 49.4 Å². The van der Waals surface area contributed by atoms with Gasteiger partial charge in [-0.2, -0.15) is 10.4 Å². The molecule has 0 aliphatic rings. The van der Waals surface area contributed by atoms with Crippen LogP contribution in [0.15, 0.2) is 60.2 Å². The van der Waals surface area contributed by atoms with Crippen LogP contribution in [0, 0.1) is 18.3 Å². The van der Waals surface area contributed by atoms with Crippen molar-refractivity contribution in [2.24, 2.45) is 0 Å². The number of aryl methyl sites for hydroxylation is 1. The molecule has 3 aromatic rings. The van der Waals surface area contributed by atoms with Crippen LogP contribution >= 0.6 is 11.6 Å². The topological polar surface area (TPSA) is 99.8 Å². The number of rotatable bonds is 5. The molecule has 0 unspecified atom stereocenters. The van der Waals surface area contributed by atoms with Crippen LogP contribution in [-0.2, 0) is 9.59 Å². The van der Waals surface area contributed by atoms with Crippen molar-refractivity contribution < 1.29 is 9.59 Å². The van der Waals surface area contributed by atoms with Gasteiger partial charge in [-0.25, -0.2) is 4.68 Å². The molecule has 0 aliphatic carbocycles. The standard InChI is InChI=1S/C22H18ClN5O2/c1-14-20(21(23)28(27-14)19-6-4-3-5-7-19)12-16(13-24)22(30)26-18-10-8-17(9-11-18)25-15(2)29/h3-12H,1-2H3,(H,25,29)(H,26,30)/b16-12+. The Labute approximate surface area is 178 Å². The Morgan fingerprint density at radius 2 is 1.67 bits per heavy atom. The highest BCUT2D eigenvalue weighted by atomic mass is 35.5. The number of halogens is 1. The molecule has 0 spiro atoms. The van der Waals surface area contributed by atoms with Crippen LogP contribution < -0.4 is 10.6 Å². The molecule has 3 rings (SSSR count). The fourth-order valence-electron chi connectivity index (χ4n) is 2.75. The van der Waals surface area contributed by atoms with E-state index in [1.54, 1.807) is 35.9 Å². The number of hydrogen-bond acceptors (Lipinski definition) is 4. The number of nitrogens with one attached hydrogen (secondary N) is 2. The van der Waals surface area contributed by atoms with Crippen LogP contribution in [0.4, 0.5) is 11.4 Å². The number of carbonyl (C=O) groups excluding carboxylic acids is 2. The second-order valence-corrected chi connectivity index (χ2v) is 6.78. The number of nitrogens with zero attached hydrogens (tertiary/aromatic N) is 3. The van der Waals surface area contributed by atoms with Crippen molar-refractivity contribution in [3.63, 3.8) is 0 Å². The van der Waals surface area contributed by atoms with E-state index >= 15 is 0 Å². The molecule has 2 amide bonds. The van der Waals surface area contributed by atoms with Crippen LogP contribution in [0.25, 0.3) is 11.8 Å². The molecule has 2 aromatic carbocycles. The summed E-state index contributed by atoms with van der Waals surface area (Å²) in [6.45, 7) is 3.16. The lowest BCUT2D eigenvalue weighted by Gasteiger charge is -2.06. The fraction of sp³-hybridized carbons (Fsp3) is 0.0909. The molecule has 0 bridgehead atoms. The van der Waals surface area contributed by atoms with E-state index in [0.717, 1.165) is 5.69 Å². The molecule has 0 fully saturated rings. The van der Waals surface area contributed by atoms with Crippen LogP contribution in [0.1, 0.15) is 18.2 Å². The number of para-hydroxylation sites is 1. The maximum Gasteiger partial charge on any atom is 0.266 e. The van der Waals surface area contributed by atoms with Crippen LogP contribution in [0.5, 0.6) is 0 Å². The summed E-state index contributed by atoms with van der Waals surface area (Å²) in [4.78, 5) is 23.7. The van der Waals surface area contributed by atoms with E-state index in [1.165, 1.54) is 13.0 Å². The number of nitriles is 1.